The van der Waals surface area contributed by atoms with Gasteiger partial charge in [-0.15, -0.1) is 11.3 Å². The Kier molecular flexibility index (Phi) is 5.02. The Morgan fingerprint density at radius 3 is 2.54 bits per heavy atom. The van der Waals surface area contributed by atoms with Gasteiger partial charge >= 0.3 is 0 Å². The van der Waals surface area contributed by atoms with E-state index in [2.05, 4.69) is 22.8 Å². The summed E-state index contributed by atoms with van der Waals surface area (Å²) in [6.45, 7) is 0. The van der Waals surface area contributed by atoms with Crippen LogP contribution in [0, 0.1) is 0 Å². The third-order valence-corrected chi connectivity index (χ3v) is 5.71. The summed E-state index contributed by atoms with van der Waals surface area (Å²) in [4.78, 5) is 1.25. The lowest BCUT2D eigenvalue weighted by Crippen LogP contribution is -2.30. The highest BCUT2D eigenvalue weighted by atomic mass is 35.5. The standard InChI is InChI=1S/C20H16ClN3S2/c21-15-10-8-14(9-11-15)17-13-18(19-7-4-12-26-19)24(23-17)20(25)22-16-5-2-1-3-6-16/h1-12,18H,13H2,(H,22,25). The summed E-state index contributed by atoms with van der Waals surface area (Å²) in [5.74, 6) is 0. The van der Waals surface area contributed by atoms with Crippen molar-refractivity contribution in [3.8, 4) is 0 Å². The van der Waals surface area contributed by atoms with Crippen molar-refractivity contribution >= 4 is 51.7 Å². The summed E-state index contributed by atoms with van der Waals surface area (Å²) >= 11 is 13.4. The molecule has 1 aliphatic rings. The molecule has 0 fully saturated rings. The Morgan fingerprint density at radius 1 is 1.08 bits per heavy atom. The molecule has 1 aliphatic heterocycles. The van der Waals surface area contributed by atoms with E-state index in [-0.39, 0.29) is 6.04 Å². The Bertz CT molecular complexity index is 921. The minimum atomic E-state index is 0.101. The molecule has 0 bridgehead atoms. The number of hydrogen-bond donors (Lipinski definition) is 1. The van der Waals surface area contributed by atoms with Crippen molar-refractivity contribution in [2.75, 3.05) is 5.32 Å². The van der Waals surface area contributed by atoms with Gasteiger partial charge in [0.25, 0.3) is 0 Å². The number of nitrogens with zero attached hydrogens (tertiary/aromatic N) is 2. The van der Waals surface area contributed by atoms with Gasteiger partial charge in [0.2, 0.25) is 0 Å². The first kappa shape index (κ1) is 17.2. The Hall–Kier alpha value is -2.21. The topological polar surface area (TPSA) is 27.6 Å². The van der Waals surface area contributed by atoms with Crippen LogP contribution in [0.3, 0.4) is 0 Å². The van der Waals surface area contributed by atoms with Gasteiger partial charge in [-0.2, -0.15) is 5.10 Å². The predicted molar refractivity (Wildman–Crippen MR) is 114 cm³/mol. The van der Waals surface area contributed by atoms with Gasteiger partial charge in [0.1, 0.15) is 0 Å². The molecule has 0 radical (unpaired) electrons. The van der Waals surface area contributed by atoms with Crippen LogP contribution in [0.2, 0.25) is 5.02 Å². The van der Waals surface area contributed by atoms with Crippen molar-refractivity contribution in [3.05, 3.63) is 87.6 Å². The maximum absolute atomic E-state index is 6.02. The van der Waals surface area contributed by atoms with Crippen LogP contribution in [0.15, 0.2) is 77.2 Å². The van der Waals surface area contributed by atoms with Crippen molar-refractivity contribution in [2.45, 2.75) is 12.5 Å². The summed E-state index contributed by atoms with van der Waals surface area (Å²) in [5, 5.41) is 13.4. The zero-order valence-corrected chi connectivity index (χ0v) is 16.2. The third kappa shape index (κ3) is 3.65. The van der Waals surface area contributed by atoms with Crippen molar-refractivity contribution in [1.29, 1.82) is 0 Å². The number of thiocarbonyl (C=S) groups is 1. The van der Waals surface area contributed by atoms with Crippen molar-refractivity contribution in [3.63, 3.8) is 0 Å². The minimum Gasteiger partial charge on any atom is -0.331 e. The van der Waals surface area contributed by atoms with Crippen molar-refractivity contribution < 1.29 is 0 Å². The molecule has 1 N–H and O–H groups in total. The van der Waals surface area contributed by atoms with E-state index >= 15 is 0 Å². The van der Waals surface area contributed by atoms with Gasteiger partial charge in [0, 0.05) is 22.0 Å². The molecule has 0 aliphatic carbocycles. The monoisotopic (exact) mass is 397 g/mol. The number of nitrogens with one attached hydrogen (secondary N) is 1. The van der Waals surface area contributed by atoms with E-state index in [1.165, 1.54) is 4.88 Å². The highest BCUT2D eigenvalue weighted by Gasteiger charge is 2.32. The Labute approximate surface area is 166 Å². The van der Waals surface area contributed by atoms with Crippen LogP contribution in [0.1, 0.15) is 22.9 Å². The molecule has 1 aromatic heterocycles. The predicted octanol–water partition coefficient (Wildman–Crippen LogP) is 5.95. The van der Waals surface area contributed by atoms with E-state index in [1.54, 1.807) is 11.3 Å². The van der Waals surface area contributed by atoms with Gasteiger partial charge in [0.15, 0.2) is 5.11 Å². The smallest absolute Gasteiger partial charge is 0.194 e. The second-order valence-corrected chi connectivity index (χ2v) is 7.73. The maximum atomic E-state index is 6.02. The van der Waals surface area contributed by atoms with E-state index in [0.717, 1.165) is 28.4 Å². The first-order valence-electron chi connectivity index (χ1n) is 8.23. The molecule has 0 amide bonds. The molecule has 0 saturated heterocycles. The highest BCUT2D eigenvalue weighted by Crippen LogP contribution is 2.35. The summed E-state index contributed by atoms with van der Waals surface area (Å²) in [6, 6.07) is 22.0. The molecule has 6 heteroatoms. The SMILES string of the molecule is S=C(Nc1ccccc1)N1N=C(c2ccc(Cl)cc2)CC1c1cccs1. The molecule has 130 valence electrons. The first-order valence-corrected chi connectivity index (χ1v) is 9.89. The lowest BCUT2D eigenvalue weighted by Gasteiger charge is -2.23. The number of hydrogen-bond acceptors (Lipinski definition) is 3. The normalized spacial score (nSPS) is 16.4. The van der Waals surface area contributed by atoms with E-state index in [0.29, 0.717) is 5.11 Å². The summed E-state index contributed by atoms with van der Waals surface area (Å²) in [6.07, 6.45) is 0.804. The van der Waals surface area contributed by atoms with Crippen LogP contribution in [-0.2, 0) is 0 Å². The largest absolute Gasteiger partial charge is 0.331 e. The van der Waals surface area contributed by atoms with Crippen LogP contribution in [-0.4, -0.2) is 15.8 Å². The van der Waals surface area contributed by atoms with Crippen molar-refractivity contribution in [1.82, 2.24) is 5.01 Å². The average Bonchev–Trinajstić information content (AvgIpc) is 3.33. The number of thiophene rings is 1. The van der Waals surface area contributed by atoms with Crippen LogP contribution < -0.4 is 5.32 Å². The fourth-order valence-electron chi connectivity index (χ4n) is 2.92. The Morgan fingerprint density at radius 2 is 1.85 bits per heavy atom. The molecule has 4 rings (SSSR count). The molecule has 1 unspecified atom stereocenters. The van der Waals surface area contributed by atoms with Crippen LogP contribution >= 0.6 is 35.2 Å². The molecule has 2 heterocycles. The highest BCUT2D eigenvalue weighted by molar-refractivity contribution is 7.80. The number of rotatable bonds is 3. The van der Waals surface area contributed by atoms with Gasteiger partial charge in [-0.3, -0.25) is 0 Å². The van der Waals surface area contributed by atoms with Crippen LogP contribution in [0.25, 0.3) is 0 Å². The lowest BCUT2D eigenvalue weighted by molar-refractivity contribution is 0.380. The third-order valence-electron chi connectivity index (χ3n) is 4.19. The zero-order chi connectivity index (χ0) is 17.9. The minimum absolute atomic E-state index is 0.101. The number of benzene rings is 2. The fourth-order valence-corrected chi connectivity index (χ4v) is 4.14. The molecule has 3 aromatic rings. The number of anilines is 1. The average molecular weight is 398 g/mol. The van der Waals surface area contributed by atoms with Gasteiger partial charge in [0.05, 0.1) is 11.8 Å². The fraction of sp³-hybridized carbons (Fsp3) is 0.100. The zero-order valence-electron chi connectivity index (χ0n) is 13.8. The van der Waals surface area contributed by atoms with Crippen LogP contribution in [0.5, 0.6) is 0 Å². The van der Waals surface area contributed by atoms with Gasteiger partial charge in [-0.25, -0.2) is 5.01 Å². The van der Waals surface area contributed by atoms with E-state index in [9.17, 15) is 0 Å². The second kappa shape index (κ2) is 7.58. The first-order chi connectivity index (χ1) is 12.7. The molecular formula is C20H16ClN3S2. The second-order valence-electron chi connectivity index (χ2n) is 5.93. The number of halogens is 1. The van der Waals surface area contributed by atoms with Gasteiger partial charge < -0.3 is 5.32 Å². The van der Waals surface area contributed by atoms with E-state index in [4.69, 9.17) is 28.9 Å². The Balaban J connectivity index is 1.63. The summed E-state index contributed by atoms with van der Waals surface area (Å²) in [5.41, 5.74) is 3.04. The number of hydrazone groups is 1. The molecular weight excluding hydrogens is 382 g/mol. The van der Waals surface area contributed by atoms with Crippen molar-refractivity contribution in [2.24, 2.45) is 5.10 Å². The molecule has 26 heavy (non-hydrogen) atoms. The van der Waals surface area contributed by atoms with Crippen LogP contribution in [0.4, 0.5) is 5.69 Å². The summed E-state index contributed by atoms with van der Waals surface area (Å²) < 4.78 is 0. The van der Waals surface area contributed by atoms with Gasteiger partial charge in [-0.05, 0) is 53.5 Å². The molecule has 0 spiro atoms. The quantitative estimate of drug-likeness (QED) is 0.553. The maximum Gasteiger partial charge on any atom is 0.194 e. The molecule has 1 atom stereocenters. The molecule has 2 aromatic carbocycles. The number of para-hydroxylation sites is 1. The molecule has 3 nitrogen and oxygen atoms in total. The molecule has 0 saturated carbocycles. The van der Waals surface area contributed by atoms with Gasteiger partial charge in [-0.1, -0.05) is 48.0 Å². The van der Waals surface area contributed by atoms with E-state index < -0.39 is 0 Å². The summed E-state index contributed by atoms with van der Waals surface area (Å²) in [7, 11) is 0. The lowest BCUT2D eigenvalue weighted by atomic mass is 10.0. The van der Waals surface area contributed by atoms with E-state index in [1.807, 2.05) is 59.6 Å².